The van der Waals surface area contributed by atoms with Crippen LogP contribution in [0.5, 0.6) is 5.75 Å². The zero-order valence-corrected chi connectivity index (χ0v) is 19.4. The molecule has 1 aliphatic carbocycles. The maximum Gasteiger partial charge on any atom is 0.227 e. The Labute approximate surface area is 199 Å². The van der Waals surface area contributed by atoms with E-state index in [1.165, 1.54) is 6.07 Å². The van der Waals surface area contributed by atoms with Crippen LogP contribution in [-0.2, 0) is 4.79 Å². The molecule has 3 N–H and O–H groups in total. The van der Waals surface area contributed by atoms with Crippen molar-refractivity contribution in [3.05, 3.63) is 82.9 Å². The van der Waals surface area contributed by atoms with Gasteiger partial charge < -0.3 is 15.7 Å². The van der Waals surface area contributed by atoms with Gasteiger partial charge in [-0.3, -0.25) is 14.4 Å². The van der Waals surface area contributed by atoms with E-state index in [2.05, 4.69) is 17.6 Å². The number of fused-ring (bicyclic) bond motifs is 2. The molecule has 0 radical (unpaired) electrons. The third-order valence-electron chi connectivity index (χ3n) is 6.25. The van der Waals surface area contributed by atoms with Gasteiger partial charge in [0.2, 0.25) is 5.91 Å². The van der Waals surface area contributed by atoms with Crippen LogP contribution in [0.1, 0.15) is 71.4 Å². The first-order chi connectivity index (χ1) is 16.4. The second kappa shape index (κ2) is 9.91. The predicted octanol–water partition coefficient (Wildman–Crippen LogP) is 6.07. The summed E-state index contributed by atoms with van der Waals surface area (Å²) in [6, 6.07) is 16.8. The number of carbonyl (C=O) groups excluding carboxylic acids is 3. The van der Waals surface area contributed by atoms with Crippen LogP contribution in [0.2, 0.25) is 0 Å². The standard InChI is InChI=1S/C28H28N2O4/c1-3-5-8-17(4-2)28(34)30-19-13-11-18(12-14-19)29-22-15-16-23(31)25-24(22)26(32)20-9-6-7-10-21(20)27(25)33/h6-7,9-17,29,31H,3-5,8H2,1-2H3,(H,30,34). The molecule has 0 spiro atoms. The maximum absolute atomic E-state index is 13.2. The van der Waals surface area contributed by atoms with E-state index in [1.54, 1.807) is 54.6 Å². The molecule has 0 fully saturated rings. The minimum Gasteiger partial charge on any atom is -0.507 e. The molecule has 1 atom stereocenters. The molecule has 34 heavy (non-hydrogen) atoms. The fourth-order valence-electron chi connectivity index (χ4n) is 4.32. The normalized spacial score (nSPS) is 13.1. The summed E-state index contributed by atoms with van der Waals surface area (Å²) in [4.78, 5) is 38.8. The van der Waals surface area contributed by atoms with E-state index in [-0.39, 0.29) is 45.8 Å². The first-order valence-electron chi connectivity index (χ1n) is 11.7. The number of phenols is 1. The van der Waals surface area contributed by atoms with Crippen molar-refractivity contribution in [1.82, 2.24) is 0 Å². The van der Waals surface area contributed by atoms with Crippen molar-refractivity contribution >= 4 is 34.5 Å². The summed E-state index contributed by atoms with van der Waals surface area (Å²) >= 11 is 0. The second-order valence-corrected chi connectivity index (χ2v) is 8.53. The van der Waals surface area contributed by atoms with E-state index in [9.17, 15) is 19.5 Å². The Morgan fingerprint density at radius 3 is 2.09 bits per heavy atom. The second-order valence-electron chi connectivity index (χ2n) is 8.53. The van der Waals surface area contributed by atoms with E-state index in [4.69, 9.17) is 0 Å². The number of hydrogen-bond acceptors (Lipinski definition) is 5. The van der Waals surface area contributed by atoms with Crippen molar-refractivity contribution in [3.63, 3.8) is 0 Å². The molecule has 0 aromatic heterocycles. The molecule has 0 saturated heterocycles. The highest BCUT2D eigenvalue weighted by Crippen LogP contribution is 2.38. The van der Waals surface area contributed by atoms with E-state index < -0.39 is 0 Å². The molecule has 0 aliphatic heterocycles. The van der Waals surface area contributed by atoms with Crippen molar-refractivity contribution in [3.8, 4) is 5.75 Å². The van der Waals surface area contributed by atoms with Crippen molar-refractivity contribution < 1.29 is 19.5 Å². The summed E-state index contributed by atoms with van der Waals surface area (Å²) < 4.78 is 0. The number of ketones is 2. The molecule has 4 rings (SSSR count). The van der Waals surface area contributed by atoms with E-state index >= 15 is 0 Å². The molecule has 0 saturated carbocycles. The highest BCUT2D eigenvalue weighted by atomic mass is 16.3. The Hall–Kier alpha value is -3.93. The number of aromatic hydroxyl groups is 1. The minimum absolute atomic E-state index is 0.00676. The van der Waals surface area contributed by atoms with Crippen LogP contribution in [0.15, 0.2) is 60.7 Å². The number of phenolic OH excluding ortho intramolecular Hbond substituents is 1. The summed E-state index contributed by atoms with van der Waals surface area (Å²) in [6.07, 6.45) is 3.76. The van der Waals surface area contributed by atoms with Crippen LogP contribution in [-0.4, -0.2) is 22.6 Å². The largest absolute Gasteiger partial charge is 0.507 e. The molecule has 6 nitrogen and oxygen atoms in total. The lowest BCUT2D eigenvalue weighted by molar-refractivity contribution is -0.120. The van der Waals surface area contributed by atoms with Crippen molar-refractivity contribution in [2.75, 3.05) is 10.6 Å². The molecular weight excluding hydrogens is 428 g/mol. The van der Waals surface area contributed by atoms with Crippen LogP contribution in [0.4, 0.5) is 17.1 Å². The number of carbonyl (C=O) groups is 3. The third kappa shape index (κ3) is 4.44. The van der Waals surface area contributed by atoms with E-state index in [1.807, 2.05) is 6.92 Å². The van der Waals surface area contributed by atoms with Crippen LogP contribution in [0.3, 0.4) is 0 Å². The van der Waals surface area contributed by atoms with Crippen molar-refractivity contribution in [2.24, 2.45) is 5.92 Å². The van der Waals surface area contributed by atoms with Gasteiger partial charge in [0.05, 0.1) is 16.8 Å². The van der Waals surface area contributed by atoms with E-state index in [0.717, 1.165) is 25.7 Å². The SMILES string of the molecule is CCCCC(CC)C(=O)Nc1ccc(Nc2ccc(O)c3c2C(=O)c2ccccc2C3=O)cc1. The Morgan fingerprint density at radius 2 is 1.47 bits per heavy atom. The molecule has 0 heterocycles. The third-order valence-corrected chi connectivity index (χ3v) is 6.25. The molecular formula is C28H28N2O4. The van der Waals surface area contributed by atoms with Gasteiger partial charge in [0, 0.05) is 28.4 Å². The van der Waals surface area contributed by atoms with Gasteiger partial charge in [-0.25, -0.2) is 0 Å². The molecule has 1 unspecified atom stereocenters. The number of nitrogens with one attached hydrogen (secondary N) is 2. The fraction of sp³-hybridized carbons (Fsp3) is 0.250. The average Bonchev–Trinajstić information content (AvgIpc) is 2.85. The summed E-state index contributed by atoms with van der Waals surface area (Å²) in [5.74, 6) is -0.900. The zero-order valence-electron chi connectivity index (χ0n) is 19.4. The van der Waals surface area contributed by atoms with Gasteiger partial charge in [0.1, 0.15) is 5.75 Å². The minimum atomic E-state index is -0.377. The topological polar surface area (TPSA) is 95.5 Å². The molecule has 3 aromatic rings. The Bertz CT molecular complexity index is 1250. The number of rotatable bonds is 8. The quantitative estimate of drug-likeness (QED) is 0.280. The maximum atomic E-state index is 13.2. The van der Waals surface area contributed by atoms with Gasteiger partial charge >= 0.3 is 0 Å². The Balaban J connectivity index is 1.56. The molecule has 1 amide bonds. The summed E-state index contributed by atoms with van der Waals surface area (Å²) in [7, 11) is 0. The summed E-state index contributed by atoms with van der Waals surface area (Å²) in [5.41, 5.74) is 2.58. The van der Waals surface area contributed by atoms with Gasteiger partial charge in [0.25, 0.3) is 0 Å². The monoisotopic (exact) mass is 456 g/mol. The average molecular weight is 457 g/mol. The lowest BCUT2D eigenvalue weighted by Gasteiger charge is -2.21. The van der Waals surface area contributed by atoms with Gasteiger partial charge in [-0.1, -0.05) is 51.0 Å². The van der Waals surface area contributed by atoms with Crippen molar-refractivity contribution in [1.29, 1.82) is 0 Å². The van der Waals surface area contributed by atoms with E-state index in [0.29, 0.717) is 22.6 Å². The zero-order chi connectivity index (χ0) is 24.2. The van der Waals surface area contributed by atoms with Crippen LogP contribution >= 0.6 is 0 Å². The van der Waals surface area contributed by atoms with Gasteiger partial charge in [-0.2, -0.15) is 0 Å². The van der Waals surface area contributed by atoms with Gasteiger partial charge in [-0.15, -0.1) is 0 Å². The number of unbranched alkanes of at least 4 members (excludes halogenated alkanes) is 1. The predicted molar refractivity (Wildman–Crippen MR) is 133 cm³/mol. The highest BCUT2D eigenvalue weighted by Gasteiger charge is 2.34. The molecule has 174 valence electrons. The van der Waals surface area contributed by atoms with Crippen LogP contribution in [0, 0.1) is 5.92 Å². The summed E-state index contributed by atoms with van der Waals surface area (Å²) in [6.45, 7) is 4.14. The van der Waals surface area contributed by atoms with Crippen molar-refractivity contribution in [2.45, 2.75) is 39.5 Å². The van der Waals surface area contributed by atoms with Crippen LogP contribution < -0.4 is 10.6 Å². The number of benzene rings is 3. The lowest BCUT2D eigenvalue weighted by Crippen LogP contribution is -2.22. The van der Waals surface area contributed by atoms with Gasteiger partial charge in [-0.05, 0) is 49.2 Å². The number of hydrogen-bond donors (Lipinski definition) is 3. The molecule has 0 bridgehead atoms. The first kappa shape index (κ1) is 23.2. The number of anilines is 3. The Morgan fingerprint density at radius 1 is 0.853 bits per heavy atom. The molecule has 1 aliphatic rings. The van der Waals surface area contributed by atoms with Crippen LogP contribution in [0.25, 0.3) is 0 Å². The molecule has 3 aromatic carbocycles. The summed E-state index contributed by atoms with van der Waals surface area (Å²) in [5, 5.41) is 16.5. The lowest BCUT2D eigenvalue weighted by atomic mass is 9.82. The van der Waals surface area contributed by atoms with Gasteiger partial charge in [0.15, 0.2) is 11.6 Å². The smallest absolute Gasteiger partial charge is 0.227 e. The number of amides is 1. The fourth-order valence-corrected chi connectivity index (χ4v) is 4.32. The highest BCUT2D eigenvalue weighted by molar-refractivity contribution is 6.31. The molecule has 6 heteroatoms. The first-order valence-corrected chi connectivity index (χ1v) is 11.7. The Kier molecular flexibility index (Phi) is 6.77.